The van der Waals surface area contributed by atoms with Crippen molar-refractivity contribution >= 4 is 22.9 Å². The molecule has 0 heterocycles. The number of allylic oxidation sites excluding steroid dienone is 2. The summed E-state index contributed by atoms with van der Waals surface area (Å²) in [5.74, 6) is -2.10. The molecule has 0 spiro atoms. The Bertz CT molecular complexity index is 854. The number of nitro benzene ring substituents is 2. The summed E-state index contributed by atoms with van der Waals surface area (Å²) in [5, 5.41) is 32.8. The third kappa shape index (κ3) is 3.32. The first kappa shape index (κ1) is 20.2. The predicted molar refractivity (Wildman–Crippen MR) is 95.9 cm³/mol. The Morgan fingerprint density at radius 3 is 1.70 bits per heavy atom. The van der Waals surface area contributed by atoms with E-state index in [0.29, 0.717) is 0 Å². The highest BCUT2D eigenvalue weighted by Gasteiger charge is 2.39. The molecular weight excluding hydrogens is 356 g/mol. The van der Waals surface area contributed by atoms with Crippen molar-refractivity contribution in [1.82, 2.24) is 0 Å². The number of hydrogen-bond acceptors (Lipinski definition) is 7. The van der Waals surface area contributed by atoms with Crippen LogP contribution in [0.15, 0.2) is 11.3 Å². The molecule has 9 nitrogen and oxygen atoms in total. The van der Waals surface area contributed by atoms with E-state index < -0.39 is 27.3 Å². The van der Waals surface area contributed by atoms with Gasteiger partial charge < -0.3 is 5.11 Å². The summed E-state index contributed by atoms with van der Waals surface area (Å²) in [5.41, 5.74) is -0.311. The van der Waals surface area contributed by atoms with Gasteiger partial charge in [0.2, 0.25) is 0 Å². The second kappa shape index (κ2) is 7.26. The van der Waals surface area contributed by atoms with Crippen LogP contribution in [0.25, 0.3) is 0 Å². The fraction of sp³-hybridized carbons (Fsp3) is 0.444. The molecule has 1 aliphatic rings. The second-order valence-corrected chi connectivity index (χ2v) is 6.63. The summed E-state index contributed by atoms with van der Waals surface area (Å²) < 4.78 is 0. The zero-order chi connectivity index (χ0) is 20.6. The molecule has 1 aromatic rings. The minimum absolute atomic E-state index is 0.0542. The molecule has 1 saturated carbocycles. The monoisotopic (exact) mass is 376 g/mol. The summed E-state index contributed by atoms with van der Waals surface area (Å²) in [4.78, 5) is 46.4. The first-order chi connectivity index (χ1) is 12.5. The lowest BCUT2D eigenvalue weighted by molar-refractivity contribution is -0.396. The number of benzene rings is 1. The van der Waals surface area contributed by atoms with E-state index in [4.69, 9.17) is 0 Å². The first-order valence-corrected chi connectivity index (χ1v) is 8.43. The number of aliphatic hydroxyl groups is 1. The largest absolute Gasteiger partial charge is 0.511 e. The van der Waals surface area contributed by atoms with Crippen LogP contribution in [0.2, 0.25) is 0 Å². The predicted octanol–water partition coefficient (Wildman–Crippen LogP) is 3.67. The number of nitro groups is 2. The molecule has 9 heteroatoms. The molecule has 1 N–H and O–H groups in total. The van der Waals surface area contributed by atoms with E-state index in [9.17, 15) is 34.9 Å². The molecule has 0 unspecified atom stereocenters. The number of hydrogen-bond donors (Lipinski definition) is 1. The van der Waals surface area contributed by atoms with E-state index in [1.54, 1.807) is 6.92 Å². The molecule has 0 aromatic heterocycles. The Hall–Kier alpha value is -3.10. The summed E-state index contributed by atoms with van der Waals surface area (Å²) in [6.45, 7) is 5.87. The van der Waals surface area contributed by atoms with Gasteiger partial charge in [-0.25, -0.2) is 0 Å². The molecule has 0 saturated heterocycles. The van der Waals surface area contributed by atoms with Crippen molar-refractivity contribution in [2.75, 3.05) is 0 Å². The third-order valence-corrected chi connectivity index (χ3v) is 5.05. The number of carbonyl (C=O) groups is 2. The summed E-state index contributed by atoms with van der Waals surface area (Å²) in [7, 11) is 0. The molecular formula is C18H20N2O7. The lowest BCUT2D eigenvalue weighted by Crippen LogP contribution is -2.27. The maximum absolute atomic E-state index is 12.4. The molecule has 1 fully saturated rings. The molecule has 1 aliphatic carbocycles. The number of rotatable bonds is 4. The van der Waals surface area contributed by atoms with E-state index in [-0.39, 0.29) is 64.2 Å². The lowest BCUT2D eigenvalue weighted by atomic mass is 9.75. The number of aliphatic hydroxyl groups excluding tert-OH is 1. The number of ketones is 2. The second-order valence-electron chi connectivity index (χ2n) is 6.63. The lowest BCUT2D eigenvalue weighted by Gasteiger charge is -2.26. The van der Waals surface area contributed by atoms with Gasteiger partial charge in [-0.05, 0) is 32.3 Å². The van der Waals surface area contributed by atoms with Crippen LogP contribution in [0.5, 0.6) is 0 Å². The SMILES string of the molecule is CCC(O)=C1C(=O)CC(c2c(C)c([N+](=O)[O-])c(C)c([N+](=O)[O-])c2C)CC1=O. The van der Waals surface area contributed by atoms with Crippen LogP contribution in [0.3, 0.4) is 0 Å². The van der Waals surface area contributed by atoms with Crippen LogP contribution in [-0.2, 0) is 9.59 Å². The summed E-state index contributed by atoms with van der Waals surface area (Å²) in [6.07, 6.45) is -0.161. The molecule has 0 aliphatic heterocycles. The van der Waals surface area contributed by atoms with Gasteiger partial charge in [-0.15, -0.1) is 0 Å². The summed E-state index contributed by atoms with van der Waals surface area (Å²) >= 11 is 0. The van der Waals surface area contributed by atoms with Gasteiger partial charge in [-0.1, -0.05) is 6.92 Å². The summed E-state index contributed by atoms with van der Waals surface area (Å²) in [6, 6.07) is 0. The van der Waals surface area contributed by atoms with Crippen LogP contribution in [0, 0.1) is 41.0 Å². The Morgan fingerprint density at radius 2 is 1.37 bits per heavy atom. The van der Waals surface area contributed by atoms with E-state index in [2.05, 4.69) is 0 Å². The number of Topliss-reactive ketones (excluding diaryl/α,β-unsaturated/α-hetero) is 2. The third-order valence-electron chi connectivity index (χ3n) is 5.05. The van der Waals surface area contributed by atoms with Crippen molar-refractivity contribution in [3.8, 4) is 0 Å². The highest BCUT2D eigenvalue weighted by atomic mass is 16.6. The van der Waals surface area contributed by atoms with Gasteiger partial charge in [0.05, 0.1) is 15.4 Å². The quantitative estimate of drug-likeness (QED) is 0.278. The fourth-order valence-electron chi connectivity index (χ4n) is 3.95. The van der Waals surface area contributed by atoms with Crippen LogP contribution >= 0.6 is 0 Å². The zero-order valence-electron chi connectivity index (χ0n) is 15.5. The van der Waals surface area contributed by atoms with E-state index >= 15 is 0 Å². The van der Waals surface area contributed by atoms with Crippen LogP contribution in [-0.4, -0.2) is 26.5 Å². The van der Waals surface area contributed by atoms with Crippen molar-refractivity contribution in [2.24, 2.45) is 0 Å². The van der Waals surface area contributed by atoms with Crippen LogP contribution in [0.4, 0.5) is 11.4 Å². The van der Waals surface area contributed by atoms with Crippen molar-refractivity contribution in [2.45, 2.75) is 52.9 Å². The highest BCUT2D eigenvalue weighted by Crippen LogP contribution is 2.44. The number of carbonyl (C=O) groups excluding carboxylic acids is 2. The van der Waals surface area contributed by atoms with Crippen LogP contribution < -0.4 is 0 Å². The van der Waals surface area contributed by atoms with Gasteiger partial charge in [0.25, 0.3) is 11.4 Å². The average molecular weight is 376 g/mol. The van der Waals surface area contributed by atoms with Gasteiger partial charge in [0.15, 0.2) is 11.6 Å². The highest BCUT2D eigenvalue weighted by molar-refractivity contribution is 6.22. The van der Waals surface area contributed by atoms with Gasteiger partial charge in [-0.2, -0.15) is 0 Å². The molecule has 0 bridgehead atoms. The Morgan fingerprint density at radius 1 is 0.963 bits per heavy atom. The maximum Gasteiger partial charge on any atom is 0.282 e. The Labute approximate surface area is 155 Å². The van der Waals surface area contributed by atoms with Gasteiger partial charge in [0, 0.05) is 30.4 Å². The first-order valence-electron chi connectivity index (χ1n) is 8.43. The molecule has 144 valence electrons. The fourth-order valence-corrected chi connectivity index (χ4v) is 3.95. The normalized spacial score (nSPS) is 17.2. The van der Waals surface area contributed by atoms with Crippen molar-refractivity contribution in [3.63, 3.8) is 0 Å². The molecule has 0 atom stereocenters. The van der Waals surface area contributed by atoms with Crippen LogP contribution in [0.1, 0.15) is 54.4 Å². The smallest absolute Gasteiger partial charge is 0.282 e. The Balaban J connectivity index is 2.70. The number of nitrogens with zero attached hydrogens (tertiary/aromatic N) is 2. The molecule has 0 radical (unpaired) electrons. The molecule has 1 aromatic carbocycles. The van der Waals surface area contributed by atoms with Crippen molar-refractivity contribution < 1.29 is 24.5 Å². The minimum atomic E-state index is -0.712. The van der Waals surface area contributed by atoms with Gasteiger partial charge >= 0.3 is 0 Å². The van der Waals surface area contributed by atoms with E-state index in [0.717, 1.165) is 0 Å². The Kier molecular flexibility index (Phi) is 5.43. The van der Waals surface area contributed by atoms with E-state index in [1.165, 1.54) is 20.8 Å². The van der Waals surface area contributed by atoms with E-state index in [1.807, 2.05) is 0 Å². The average Bonchev–Trinajstić information content (AvgIpc) is 2.52. The van der Waals surface area contributed by atoms with Crippen molar-refractivity contribution in [3.05, 3.63) is 53.8 Å². The maximum atomic E-state index is 12.4. The minimum Gasteiger partial charge on any atom is -0.511 e. The molecule has 2 rings (SSSR count). The molecule has 0 amide bonds. The molecule has 27 heavy (non-hydrogen) atoms. The van der Waals surface area contributed by atoms with Gasteiger partial charge in [0.1, 0.15) is 11.3 Å². The van der Waals surface area contributed by atoms with Gasteiger partial charge in [-0.3, -0.25) is 29.8 Å². The topological polar surface area (TPSA) is 141 Å². The standard InChI is InChI=1S/C18H20N2O7/c1-5-12(21)16-13(22)6-11(7-14(16)23)15-8(2)17(19(24)25)10(4)18(9(15)3)20(26)27/h11,21H,5-7H2,1-4H3. The zero-order valence-corrected chi connectivity index (χ0v) is 15.5. The van der Waals surface area contributed by atoms with Crippen molar-refractivity contribution in [1.29, 1.82) is 0 Å².